The van der Waals surface area contributed by atoms with Gasteiger partial charge in [-0.05, 0) is 29.3 Å². The third kappa shape index (κ3) is 2.52. The molecule has 1 fully saturated rings. The van der Waals surface area contributed by atoms with Crippen LogP contribution in [0.2, 0.25) is 0 Å². The second-order valence-electron chi connectivity index (χ2n) is 5.83. The minimum atomic E-state index is -0.0405. The van der Waals surface area contributed by atoms with E-state index in [1.807, 2.05) is 89.8 Å². The van der Waals surface area contributed by atoms with Gasteiger partial charge in [-0.15, -0.1) is 0 Å². The van der Waals surface area contributed by atoms with Crippen molar-refractivity contribution < 1.29 is 4.79 Å². The van der Waals surface area contributed by atoms with Crippen LogP contribution in [0.1, 0.15) is 17.2 Å². The molecule has 0 unspecified atom stereocenters. The fourth-order valence-electron chi connectivity index (χ4n) is 3.13. The summed E-state index contributed by atoms with van der Waals surface area (Å²) in [5.74, 6) is 0.0684. The molecule has 0 aliphatic carbocycles. The van der Waals surface area contributed by atoms with Gasteiger partial charge in [0.25, 0.3) is 5.91 Å². The van der Waals surface area contributed by atoms with Crippen molar-refractivity contribution in [2.45, 2.75) is 6.04 Å². The molecule has 1 atom stereocenters. The summed E-state index contributed by atoms with van der Waals surface area (Å²) in [6.45, 7) is 0. The zero-order valence-corrected chi connectivity index (χ0v) is 13.2. The lowest BCUT2D eigenvalue weighted by molar-refractivity contribution is -0.118. The summed E-state index contributed by atoms with van der Waals surface area (Å²) in [4.78, 5) is 14.7. The van der Waals surface area contributed by atoms with Gasteiger partial charge in [-0.1, -0.05) is 78.9 Å². The molecule has 1 heterocycles. The molecule has 0 aromatic heterocycles. The number of carbonyl (C=O) groups excluding carboxylic acids is 1. The molecule has 0 radical (unpaired) electrons. The van der Waals surface area contributed by atoms with Gasteiger partial charge in [-0.2, -0.15) is 0 Å². The maximum absolute atomic E-state index is 12.8. The Morgan fingerprint density at radius 1 is 0.708 bits per heavy atom. The van der Waals surface area contributed by atoms with Gasteiger partial charge in [0.1, 0.15) is 0 Å². The highest BCUT2D eigenvalue weighted by molar-refractivity contribution is 6.17. The smallest absolute Gasteiger partial charge is 0.257 e. The number of hydrogen-bond donors (Lipinski definition) is 0. The average molecular weight is 311 g/mol. The van der Waals surface area contributed by atoms with E-state index < -0.39 is 0 Å². The van der Waals surface area contributed by atoms with E-state index in [0.29, 0.717) is 0 Å². The van der Waals surface area contributed by atoms with Crippen LogP contribution in [0, 0.1) is 0 Å². The molecule has 4 rings (SSSR count). The molecule has 0 saturated carbocycles. The predicted octanol–water partition coefficient (Wildman–Crippen LogP) is 4.86. The van der Waals surface area contributed by atoms with Crippen LogP contribution < -0.4 is 4.90 Å². The van der Waals surface area contributed by atoms with E-state index in [2.05, 4.69) is 12.1 Å². The molecule has 3 aromatic carbocycles. The summed E-state index contributed by atoms with van der Waals surface area (Å²) in [5, 5.41) is 0. The quantitative estimate of drug-likeness (QED) is 0.500. The minimum Gasteiger partial charge on any atom is -0.297 e. The number of para-hydroxylation sites is 1. The van der Waals surface area contributed by atoms with Gasteiger partial charge in [-0.3, -0.25) is 9.69 Å². The molecule has 1 aliphatic rings. The highest BCUT2D eigenvalue weighted by Crippen LogP contribution is 2.43. The largest absolute Gasteiger partial charge is 0.297 e. The van der Waals surface area contributed by atoms with Crippen molar-refractivity contribution in [3.63, 3.8) is 0 Å². The molecule has 24 heavy (non-hydrogen) atoms. The Morgan fingerprint density at radius 3 is 1.88 bits per heavy atom. The zero-order chi connectivity index (χ0) is 16.4. The SMILES string of the molecule is O=C1/C(=C\c2ccccc2)[C@H](c2ccccc2)N1c1ccccc1. The molecule has 1 saturated heterocycles. The minimum absolute atomic E-state index is 0.0405. The van der Waals surface area contributed by atoms with Crippen LogP contribution in [-0.4, -0.2) is 5.91 Å². The van der Waals surface area contributed by atoms with Crippen molar-refractivity contribution in [1.82, 2.24) is 0 Å². The van der Waals surface area contributed by atoms with Crippen LogP contribution >= 0.6 is 0 Å². The molecule has 2 heteroatoms. The van der Waals surface area contributed by atoms with Gasteiger partial charge in [0, 0.05) is 11.3 Å². The summed E-state index contributed by atoms with van der Waals surface area (Å²) in [5.41, 5.74) is 3.94. The summed E-state index contributed by atoms with van der Waals surface area (Å²) in [7, 11) is 0. The van der Waals surface area contributed by atoms with E-state index in [1.165, 1.54) is 0 Å². The number of benzene rings is 3. The number of carbonyl (C=O) groups is 1. The third-order valence-electron chi connectivity index (χ3n) is 4.29. The normalized spacial score (nSPS) is 18.5. The van der Waals surface area contributed by atoms with Crippen LogP contribution in [0.25, 0.3) is 6.08 Å². The van der Waals surface area contributed by atoms with Crippen molar-refractivity contribution in [1.29, 1.82) is 0 Å². The lowest BCUT2D eigenvalue weighted by Crippen LogP contribution is -2.49. The average Bonchev–Trinajstić information content (AvgIpc) is 2.66. The Kier molecular flexibility index (Phi) is 3.72. The molecular formula is C22H17NO. The van der Waals surface area contributed by atoms with E-state index in [0.717, 1.165) is 22.4 Å². The van der Waals surface area contributed by atoms with Crippen molar-refractivity contribution >= 4 is 17.7 Å². The fourth-order valence-corrected chi connectivity index (χ4v) is 3.13. The van der Waals surface area contributed by atoms with E-state index in [1.54, 1.807) is 0 Å². The molecule has 2 nitrogen and oxygen atoms in total. The Hall–Kier alpha value is -3.13. The van der Waals surface area contributed by atoms with Gasteiger partial charge in [0.05, 0.1) is 6.04 Å². The van der Waals surface area contributed by atoms with Crippen LogP contribution in [-0.2, 0) is 4.79 Å². The highest BCUT2D eigenvalue weighted by Gasteiger charge is 2.43. The van der Waals surface area contributed by atoms with Crippen molar-refractivity contribution in [3.05, 3.63) is 108 Å². The molecule has 0 N–H and O–H groups in total. The third-order valence-corrected chi connectivity index (χ3v) is 4.29. The van der Waals surface area contributed by atoms with Gasteiger partial charge >= 0.3 is 0 Å². The van der Waals surface area contributed by atoms with Crippen LogP contribution in [0.5, 0.6) is 0 Å². The molecule has 1 aliphatic heterocycles. The number of β-lactam (4-membered cyclic amide) rings is 1. The van der Waals surface area contributed by atoms with Crippen molar-refractivity contribution in [2.24, 2.45) is 0 Å². The Labute approximate surface area is 141 Å². The molecule has 3 aromatic rings. The second kappa shape index (κ2) is 6.17. The molecule has 116 valence electrons. The van der Waals surface area contributed by atoms with Crippen LogP contribution in [0.3, 0.4) is 0 Å². The lowest BCUT2D eigenvalue weighted by Gasteiger charge is -2.43. The van der Waals surface area contributed by atoms with Gasteiger partial charge in [0.15, 0.2) is 0 Å². The number of hydrogen-bond acceptors (Lipinski definition) is 1. The summed E-state index contributed by atoms with van der Waals surface area (Å²) >= 11 is 0. The van der Waals surface area contributed by atoms with Gasteiger partial charge in [-0.25, -0.2) is 0 Å². The molecule has 0 bridgehead atoms. The summed E-state index contributed by atoms with van der Waals surface area (Å²) < 4.78 is 0. The summed E-state index contributed by atoms with van der Waals surface area (Å²) in [6, 6.07) is 30.0. The first-order valence-corrected chi connectivity index (χ1v) is 8.05. The van der Waals surface area contributed by atoms with E-state index >= 15 is 0 Å². The topological polar surface area (TPSA) is 20.3 Å². The second-order valence-corrected chi connectivity index (χ2v) is 5.83. The van der Waals surface area contributed by atoms with Crippen LogP contribution in [0.15, 0.2) is 96.6 Å². The standard InChI is InChI=1S/C22H17NO/c24-22-20(16-17-10-4-1-5-11-17)21(18-12-6-2-7-13-18)23(22)19-14-8-3-9-15-19/h1-16,21H/b20-16-/t21-/m0/s1. The van der Waals surface area contributed by atoms with Crippen molar-refractivity contribution in [2.75, 3.05) is 4.90 Å². The van der Waals surface area contributed by atoms with Gasteiger partial charge in [0.2, 0.25) is 0 Å². The Morgan fingerprint density at radius 2 is 1.25 bits per heavy atom. The van der Waals surface area contributed by atoms with Crippen molar-refractivity contribution in [3.8, 4) is 0 Å². The van der Waals surface area contributed by atoms with E-state index in [4.69, 9.17) is 0 Å². The molecule has 0 spiro atoms. The zero-order valence-electron chi connectivity index (χ0n) is 13.2. The molecule has 1 amide bonds. The predicted molar refractivity (Wildman–Crippen MR) is 97.5 cm³/mol. The maximum atomic E-state index is 12.8. The lowest BCUT2D eigenvalue weighted by atomic mass is 9.86. The first kappa shape index (κ1) is 14.5. The number of nitrogens with zero attached hydrogens (tertiary/aromatic N) is 1. The monoisotopic (exact) mass is 311 g/mol. The maximum Gasteiger partial charge on any atom is 0.257 e. The molecular weight excluding hydrogens is 294 g/mol. The number of anilines is 1. The number of amides is 1. The van der Waals surface area contributed by atoms with Crippen LogP contribution in [0.4, 0.5) is 5.69 Å². The van der Waals surface area contributed by atoms with E-state index in [-0.39, 0.29) is 11.9 Å². The highest BCUT2D eigenvalue weighted by atomic mass is 16.2. The Balaban J connectivity index is 1.78. The first-order chi connectivity index (χ1) is 11.8. The fraction of sp³-hybridized carbons (Fsp3) is 0.0455. The van der Waals surface area contributed by atoms with Gasteiger partial charge < -0.3 is 0 Å². The summed E-state index contributed by atoms with van der Waals surface area (Å²) in [6.07, 6.45) is 2.00. The van der Waals surface area contributed by atoms with E-state index in [9.17, 15) is 4.79 Å². The Bertz CT molecular complexity index is 870. The number of rotatable bonds is 3. The first-order valence-electron chi connectivity index (χ1n) is 8.05.